The Morgan fingerprint density at radius 2 is 1.81 bits per heavy atom. The molecule has 0 atom stereocenters. The molecule has 136 valence electrons. The van der Waals surface area contributed by atoms with Crippen molar-refractivity contribution in [2.75, 3.05) is 19.6 Å². The highest BCUT2D eigenvalue weighted by Gasteiger charge is 2.22. The van der Waals surface area contributed by atoms with Gasteiger partial charge in [0.15, 0.2) is 0 Å². The Morgan fingerprint density at radius 3 is 2.62 bits per heavy atom. The van der Waals surface area contributed by atoms with Gasteiger partial charge in [-0.2, -0.15) is 0 Å². The number of rotatable bonds is 6. The van der Waals surface area contributed by atoms with Crippen molar-refractivity contribution in [3.63, 3.8) is 0 Å². The number of hydrogen-bond donors (Lipinski definition) is 2. The van der Waals surface area contributed by atoms with E-state index in [0.717, 1.165) is 5.52 Å². The fourth-order valence-corrected chi connectivity index (χ4v) is 4.24. The molecule has 3 aromatic rings. The number of H-pyrrole nitrogens is 1. The molecule has 0 saturated carbocycles. The molecule has 0 aliphatic carbocycles. The molecule has 2 N–H and O–H groups in total. The van der Waals surface area contributed by atoms with Crippen molar-refractivity contribution in [3.05, 3.63) is 65.9 Å². The summed E-state index contributed by atoms with van der Waals surface area (Å²) < 4.78 is 0. The van der Waals surface area contributed by atoms with E-state index in [2.05, 4.69) is 46.4 Å². The predicted molar refractivity (Wildman–Crippen MR) is 108 cm³/mol. The van der Waals surface area contributed by atoms with E-state index in [-0.39, 0.29) is 0 Å². The monoisotopic (exact) mass is 348 g/mol. The maximum atomic E-state index is 9.79. The summed E-state index contributed by atoms with van der Waals surface area (Å²) in [4.78, 5) is 5.98. The number of benzene rings is 2. The number of nitrogens with zero attached hydrogens (tertiary/aromatic N) is 1. The van der Waals surface area contributed by atoms with E-state index < -0.39 is 0 Å². The van der Waals surface area contributed by atoms with E-state index in [1.54, 1.807) is 6.07 Å². The van der Waals surface area contributed by atoms with E-state index in [1.807, 2.05) is 12.1 Å². The zero-order chi connectivity index (χ0) is 17.8. The number of nitrogens with one attached hydrogen (secondary N) is 1. The third-order valence-electron chi connectivity index (χ3n) is 5.76. The van der Waals surface area contributed by atoms with E-state index in [9.17, 15) is 5.11 Å². The van der Waals surface area contributed by atoms with E-state index >= 15 is 0 Å². The topological polar surface area (TPSA) is 39.3 Å². The van der Waals surface area contributed by atoms with Crippen molar-refractivity contribution in [2.45, 2.75) is 38.0 Å². The van der Waals surface area contributed by atoms with Gasteiger partial charge in [0, 0.05) is 17.1 Å². The van der Waals surface area contributed by atoms with Crippen LogP contribution in [-0.2, 0) is 6.42 Å². The fraction of sp³-hybridized carbons (Fsp3) is 0.391. The van der Waals surface area contributed by atoms with Gasteiger partial charge in [0.1, 0.15) is 5.75 Å². The average Bonchev–Trinajstić information content (AvgIpc) is 3.09. The van der Waals surface area contributed by atoms with E-state index in [1.165, 1.54) is 68.3 Å². The van der Waals surface area contributed by atoms with Gasteiger partial charge in [0.2, 0.25) is 0 Å². The SMILES string of the molecule is Oc1ccc2[nH]cc(C3CCN(CCCCc4ccccc4)CC3)c2c1. The van der Waals surface area contributed by atoms with Crippen LogP contribution < -0.4 is 0 Å². The number of aromatic nitrogens is 1. The van der Waals surface area contributed by atoms with Crippen molar-refractivity contribution in [1.29, 1.82) is 0 Å². The second-order valence-corrected chi connectivity index (χ2v) is 7.53. The van der Waals surface area contributed by atoms with Crippen LogP contribution in [0.2, 0.25) is 0 Å². The first-order valence-electron chi connectivity index (χ1n) is 9.86. The summed E-state index contributed by atoms with van der Waals surface area (Å²) in [5, 5.41) is 11.0. The molecule has 0 unspecified atom stereocenters. The summed E-state index contributed by atoms with van der Waals surface area (Å²) in [5.41, 5.74) is 3.95. The van der Waals surface area contributed by atoms with Gasteiger partial charge in [-0.1, -0.05) is 30.3 Å². The van der Waals surface area contributed by atoms with Crippen LogP contribution in [-0.4, -0.2) is 34.6 Å². The first-order chi connectivity index (χ1) is 12.8. The largest absolute Gasteiger partial charge is 0.508 e. The Bertz CT molecular complexity index is 832. The maximum absolute atomic E-state index is 9.79. The Morgan fingerprint density at radius 1 is 1.00 bits per heavy atom. The molecule has 0 bridgehead atoms. The van der Waals surface area contributed by atoms with Crippen LogP contribution in [0.4, 0.5) is 0 Å². The number of piperidine rings is 1. The van der Waals surface area contributed by atoms with Gasteiger partial charge >= 0.3 is 0 Å². The van der Waals surface area contributed by atoms with Gasteiger partial charge < -0.3 is 15.0 Å². The lowest BCUT2D eigenvalue weighted by molar-refractivity contribution is 0.209. The van der Waals surface area contributed by atoms with Crippen molar-refractivity contribution in [3.8, 4) is 5.75 Å². The van der Waals surface area contributed by atoms with Crippen LogP contribution in [0.25, 0.3) is 10.9 Å². The highest BCUT2D eigenvalue weighted by molar-refractivity contribution is 5.85. The van der Waals surface area contributed by atoms with Gasteiger partial charge in [-0.3, -0.25) is 0 Å². The lowest BCUT2D eigenvalue weighted by atomic mass is 9.89. The lowest BCUT2D eigenvalue weighted by Gasteiger charge is -2.32. The minimum atomic E-state index is 0.356. The van der Waals surface area contributed by atoms with Gasteiger partial charge in [-0.15, -0.1) is 0 Å². The van der Waals surface area contributed by atoms with Gasteiger partial charge in [-0.25, -0.2) is 0 Å². The average molecular weight is 348 g/mol. The Hall–Kier alpha value is -2.26. The molecule has 2 heterocycles. The number of likely N-dealkylation sites (tertiary alicyclic amines) is 1. The fourth-order valence-electron chi connectivity index (χ4n) is 4.24. The zero-order valence-corrected chi connectivity index (χ0v) is 15.3. The zero-order valence-electron chi connectivity index (χ0n) is 15.3. The molecule has 0 radical (unpaired) electrons. The number of phenols is 1. The molecule has 0 spiro atoms. The molecule has 3 nitrogen and oxygen atoms in total. The Labute approximate surface area is 155 Å². The van der Waals surface area contributed by atoms with Crippen molar-refractivity contribution < 1.29 is 5.11 Å². The van der Waals surface area contributed by atoms with Gasteiger partial charge in [0.05, 0.1) is 0 Å². The van der Waals surface area contributed by atoms with Crippen LogP contribution in [0.1, 0.15) is 42.7 Å². The lowest BCUT2D eigenvalue weighted by Crippen LogP contribution is -2.33. The normalized spacial score (nSPS) is 16.3. The molecule has 1 aliphatic rings. The van der Waals surface area contributed by atoms with E-state index in [0.29, 0.717) is 11.7 Å². The maximum Gasteiger partial charge on any atom is 0.116 e. The van der Waals surface area contributed by atoms with Crippen LogP contribution in [0.3, 0.4) is 0 Å². The number of hydrogen-bond acceptors (Lipinski definition) is 2. The molecule has 1 aliphatic heterocycles. The molecule has 3 heteroatoms. The number of aromatic amines is 1. The van der Waals surface area contributed by atoms with Crippen molar-refractivity contribution >= 4 is 10.9 Å². The smallest absolute Gasteiger partial charge is 0.116 e. The summed E-state index contributed by atoms with van der Waals surface area (Å²) in [6.45, 7) is 3.58. The molecule has 2 aromatic carbocycles. The van der Waals surface area contributed by atoms with Crippen molar-refractivity contribution in [2.24, 2.45) is 0 Å². The molecule has 1 fully saturated rings. The second kappa shape index (κ2) is 7.96. The number of phenolic OH excluding ortho intramolecular Hbond substituents is 1. The predicted octanol–water partition coefficient (Wildman–Crippen LogP) is 5.08. The summed E-state index contributed by atoms with van der Waals surface area (Å²) in [7, 11) is 0. The minimum absolute atomic E-state index is 0.356. The third-order valence-corrected chi connectivity index (χ3v) is 5.76. The van der Waals surface area contributed by atoms with Crippen molar-refractivity contribution in [1.82, 2.24) is 9.88 Å². The summed E-state index contributed by atoms with van der Waals surface area (Å²) >= 11 is 0. The number of aromatic hydroxyl groups is 1. The molecule has 26 heavy (non-hydrogen) atoms. The van der Waals surface area contributed by atoms with Crippen LogP contribution in [0.15, 0.2) is 54.7 Å². The number of fused-ring (bicyclic) bond motifs is 1. The van der Waals surface area contributed by atoms with Gasteiger partial charge in [-0.05, 0) is 87.0 Å². The van der Waals surface area contributed by atoms with Crippen LogP contribution >= 0.6 is 0 Å². The molecule has 0 amide bonds. The molecular formula is C23H28N2O. The van der Waals surface area contributed by atoms with Crippen LogP contribution in [0.5, 0.6) is 5.75 Å². The van der Waals surface area contributed by atoms with E-state index in [4.69, 9.17) is 0 Å². The highest BCUT2D eigenvalue weighted by atomic mass is 16.3. The molecule has 4 rings (SSSR count). The summed E-state index contributed by atoms with van der Waals surface area (Å²) in [6.07, 6.45) is 8.30. The highest BCUT2D eigenvalue weighted by Crippen LogP contribution is 2.34. The molecular weight excluding hydrogens is 320 g/mol. The minimum Gasteiger partial charge on any atom is -0.508 e. The standard InChI is InChI=1S/C23H28N2O/c26-20-9-10-23-21(16-20)22(17-24-23)19-11-14-25(15-12-19)13-5-4-8-18-6-2-1-3-7-18/h1-3,6-7,9-10,16-17,19,24,26H,4-5,8,11-15H2. The second-order valence-electron chi connectivity index (χ2n) is 7.53. The molecule has 1 aromatic heterocycles. The number of unbranched alkanes of at least 4 members (excludes halogenated alkanes) is 1. The quantitative estimate of drug-likeness (QED) is 0.610. The Kier molecular flexibility index (Phi) is 5.26. The van der Waals surface area contributed by atoms with Gasteiger partial charge in [0.25, 0.3) is 0 Å². The molecule has 1 saturated heterocycles. The first-order valence-corrected chi connectivity index (χ1v) is 9.86. The summed E-state index contributed by atoms with van der Waals surface area (Å²) in [5.74, 6) is 0.959. The first kappa shape index (κ1) is 17.2. The third kappa shape index (κ3) is 3.94. The van der Waals surface area contributed by atoms with Crippen LogP contribution in [0, 0.1) is 0 Å². The summed E-state index contributed by atoms with van der Waals surface area (Å²) in [6, 6.07) is 16.4. The Balaban J connectivity index is 1.25. The number of aryl methyl sites for hydroxylation is 1.